The van der Waals surface area contributed by atoms with E-state index in [2.05, 4.69) is 39.8 Å². The van der Waals surface area contributed by atoms with Crippen molar-refractivity contribution < 1.29 is 9.47 Å². The van der Waals surface area contributed by atoms with E-state index < -0.39 is 0 Å². The Kier molecular flexibility index (Phi) is 8.37. The Balaban J connectivity index is 2.33. The quantitative estimate of drug-likeness (QED) is 0.332. The Bertz CT molecular complexity index is 951. The molecule has 0 saturated carbocycles. The van der Waals surface area contributed by atoms with Crippen LogP contribution < -0.4 is 20.8 Å². The van der Waals surface area contributed by atoms with Crippen molar-refractivity contribution in [3.8, 4) is 11.5 Å². The number of nitrogen functional groups attached to an aromatic ring is 1. The molecular weight excluding hydrogens is 364 g/mol. The van der Waals surface area contributed by atoms with Crippen LogP contribution in [0.15, 0.2) is 46.3 Å². The molecule has 0 atom stereocenters. The number of rotatable bonds is 10. The molecule has 0 aliphatic heterocycles. The van der Waals surface area contributed by atoms with Gasteiger partial charge >= 0.3 is 0 Å². The van der Waals surface area contributed by atoms with Crippen LogP contribution in [0.3, 0.4) is 0 Å². The summed E-state index contributed by atoms with van der Waals surface area (Å²) < 4.78 is 13.5. The maximum atomic E-state index is 12.9. The number of hydrogen-bond donors (Lipinski definition) is 1. The van der Waals surface area contributed by atoms with Crippen molar-refractivity contribution in [1.29, 1.82) is 0 Å². The first-order valence-electron chi connectivity index (χ1n) is 10.3. The summed E-state index contributed by atoms with van der Waals surface area (Å²) in [5, 5.41) is 0.823. The fourth-order valence-corrected chi connectivity index (χ4v) is 3.05. The third kappa shape index (κ3) is 6.14. The number of fused-ring (bicyclic) bond motifs is 1. The van der Waals surface area contributed by atoms with E-state index in [1.165, 1.54) is 11.1 Å². The van der Waals surface area contributed by atoms with Crippen molar-refractivity contribution in [1.82, 2.24) is 4.57 Å². The molecule has 1 aromatic carbocycles. The summed E-state index contributed by atoms with van der Waals surface area (Å²) in [6, 6.07) is 5.49. The standard InChI is InChI=1S/C24H34N2O3/c1-6-7-14-28-23-22(29-15-13-18(4)10-8-9-17(2)3)20-12-11-19(25)16-21(20)26(5)24(23)27/h9,11-13,16H,6-8,10,14-15,25H2,1-5H3/b18-13+. The molecule has 1 heterocycles. The van der Waals surface area contributed by atoms with Crippen LogP contribution in [0.5, 0.6) is 11.5 Å². The minimum atomic E-state index is -0.210. The van der Waals surface area contributed by atoms with E-state index in [4.69, 9.17) is 15.2 Å². The molecule has 29 heavy (non-hydrogen) atoms. The second-order valence-corrected chi connectivity index (χ2v) is 7.68. The lowest BCUT2D eigenvalue weighted by molar-refractivity contribution is 0.275. The van der Waals surface area contributed by atoms with Gasteiger partial charge in [0.1, 0.15) is 6.61 Å². The van der Waals surface area contributed by atoms with Crippen LogP contribution in [0.2, 0.25) is 0 Å². The van der Waals surface area contributed by atoms with Gasteiger partial charge in [-0.2, -0.15) is 0 Å². The third-order valence-corrected chi connectivity index (χ3v) is 4.83. The number of ether oxygens (including phenoxy) is 2. The molecule has 5 nitrogen and oxygen atoms in total. The van der Waals surface area contributed by atoms with Crippen molar-refractivity contribution in [3.63, 3.8) is 0 Å². The summed E-state index contributed by atoms with van der Waals surface area (Å²) in [5.41, 5.74) is 9.65. The van der Waals surface area contributed by atoms with Crippen LogP contribution in [-0.4, -0.2) is 17.8 Å². The molecule has 2 aromatic rings. The minimum Gasteiger partial charge on any atom is -0.485 e. The smallest absolute Gasteiger partial charge is 0.297 e. The van der Waals surface area contributed by atoms with E-state index in [1.54, 1.807) is 17.7 Å². The number of allylic oxidation sites excluding steroid dienone is 3. The summed E-state index contributed by atoms with van der Waals surface area (Å²) >= 11 is 0. The van der Waals surface area contributed by atoms with E-state index in [9.17, 15) is 4.79 Å². The van der Waals surface area contributed by atoms with Crippen LogP contribution in [0, 0.1) is 0 Å². The molecule has 0 amide bonds. The van der Waals surface area contributed by atoms with Gasteiger partial charge in [0.25, 0.3) is 5.56 Å². The zero-order chi connectivity index (χ0) is 21.4. The van der Waals surface area contributed by atoms with Crippen molar-refractivity contribution in [2.24, 2.45) is 7.05 Å². The zero-order valence-electron chi connectivity index (χ0n) is 18.4. The van der Waals surface area contributed by atoms with Gasteiger partial charge in [0.05, 0.1) is 12.1 Å². The summed E-state index contributed by atoms with van der Waals surface area (Å²) in [6.45, 7) is 9.28. The van der Waals surface area contributed by atoms with Gasteiger partial charge < -0.3 is 19.8 Å². The molecule has 0 spiro atoms. The molecule has 0 unspecified atom stereocenters. The maximum absolute atomic E-state index is 12.9. The summed E-state index contributed by atoms with van der Waals surface area (Å²) in [6.07, 6.45) is 8.18. The first kappa shape index (κ1) is 22.6. The van der Waals surface area contributed by atoms with Crippen LogP contribution in [0.1, 0.15) is 53.4 Å². The predicted octanol–water partition coefficient (Wildman–Crippen LogP) is 5.37. The first-order valence-corrected chi connectivity index (χ1v) is 10.3. The number of pyridine rings is 1. The van der Waals surface area contributed by atoms with Gasteiger partial charge in [-0.3, -0.25) is 4.79 Å². The highest BCUT2D eigenvalue weighted by Crippen LogP contribution is 2.33. The SMILES string of the molecule is CCCCOc1c(OC/C=C(\C)CCC=C(C)C)c2ccc(N)cc2n(C)c1=O. The number of hydrogen-bond acceptors (Lipinski definition) is 4. The third-order valence-electron chi connectivity index (χ3n) is 4.83. The topological polar surface area (TPSA) is 66.5 Å². The second-order valence-electron chi connectivity index (χ2n) is 7.68. The number of nitrogens with zero attached hydrogens (tertiary/aromatic N) is 1. The minimum absolute atomic E-state index is 0.210. The lowest BCUT2D eigenvalue weighted by atomic mass is 10.1. The fourth-order valence-electron chi connectivity index (χ4n) is 3.05. The second kappa shape index (κ2) is 10.7. The fraction of sp³-hybridized carbons (Fsp3) is 0.458. The lowest BCUT2D eigenvalue weighted by Crippen LogP contribution is -2.21. The van der Waals surface area contributed by atoms with Gasteiger partial charge in [-0.15, -0.1) is 0 Å². The average Bonchev–Trinajstić information content (AvgIpc) is 2.67. The molecule has 158 valence electrons. The highest BCUT2D eigenvalue weighted by Gasteiger charge is 2.18. The van der Waals surface area contributed by atoms with Gasteiger partial charge in [0.15, 0.2) is 5.75 Å². The normalized spacial score (nSPS) is 11.6. The summed E-state index contributed by atoms with van der Waals surface area (Å²) in [4.78, 5) is 12.9. The van der Waals surface area contributed by atoms with E-state index in [-0.39, 0.29) is 11.3 Å². The molecule has 0 radical (unpaired) electrons. The van der Waals surface area contributed by atoms with E-state index in [0.717, 1.165) is 36.6 Å². The molecule has 0 bridgehead atoms. The summed E-state index contributed by atoms with van der Waals surface area (Å²) in [7, 11) is 1.73. The Hall–Kier alpha value is -2.69. The van der Waals surface area contributed by atoms with Gasteiger partial charge in [-0.1, -0.05) is 30.6 Å². The highest BCUT2D eigenvalue weighted by molar-refractivity contribution is 5.90. The van der Waals surface area contributed by atoms with Gasteiger partial charge in [-0.25, -0.2) is 0 Å². The van der Waals surface area contributed by atoms with Crippen LogP contribution in [-0.2, 0) is 7.05 Å². The van der Waals surface area contributed by atoms with Crippen LogP contribution in [0.4, 0.5) is 5.69 Å². The van der Waals surface area contributed by atoms with E-state index in [0.29, 0.717) is 24.7 Å². The van der Waals surface area contributed by atoms with Crippen molar-refractivity contribution in [2.45, 2.75) is 53.4 Å². The number of benzene rings is 1. The Morgan fingerprint density at radius 1 is 1.14 bits per heavy atom. The van der Waals surface area contributed by atoms with Crippen molar-refractivity contribution >= 4 is 16.6 Å². The number of aryl methyl sites for hydroxylation is 1. The molecule has 2 N–H and O–H groups in total. The monoisotopic (exact) mass is 398 g/mol. The molecule has 0 saturated heterocycles. The lowest BCUT2D eigenvalue weighted by Gasteiger charge is -2.17. The average molecular weight is 399 g/mol. The van der Waals surface area contributed by atoms with E-state index in [1.807, 2.05) is 12.1 Å². The molecule has 5 heteroatoms. The Morgan fingerprint density at radius 3 is 2.59 bits per heavy atom. The molecule has 2 rings (SSSR count). The van der Waals surface area contributed by atoms with Crippen LogP contribution in [0.25, 0.3) is 10.9 Å². The number of nitrogens with two attached hydrogens (primary N) is 1. The van der Waals surface area contributed by atoms with E-state index >= 15 is 0 Å². The number of aromatic nitrogens is 1. The van der Waals surface area contributed by atoms with Crippen LogP contribution >= 0.6 is 0 Å². The molecule has 1 aromatic heterocycles. The zero-order valence-corrected chi connectivity index (χ0v) is 18.4. The van der Waals surface area contributed by atoms with Gasteiger partial charge in [0.2, 0.25) is 5.75 Å². The molecule has 0 aliphatic rings. The molecule has 0 fully saturated rings. The van der Waals surface area contributed by atoms with Gasteiger partial charge in [0, 0.05) is 18.1 Å². The predicted molar refractivity (Wildman–Crippen MR) is 122 cm³/mol. The number of unbranched alkanes of at least 4 members (excludes halogenated alkanes) is 1. The van der Waals surface area contributed by atoms with Crippen molar-refractivity contribution in [2.75, 3.05) is 18.9 Å². The largest absolute Gasteiger partial charge is 0.485 e. The Labute approximate surface area is 173 Å². The van der Waals surface area contributed by atoms with Gasteiger partial charge in [-0.05, 0) is 64.3 Å². The number of anilines is 1. The molecular formula is C24H34N2O3. The van der Waals surface area contributed by atoms with Crippen molar-refractivity contribution in [3.05, 3.63) is 51.9 Å². The highest BCUT2D eigenvalue weighted by atomic mass is 16.5. The summed E-state index contributed by atoms with van der Waals surface area (Å²) in [5.74, 6) is 0.765. The maximum Gasteiger partial charge on any atom is 0.297 e. The first-order chi connectivity index (χ1) is 13.8. The Morgan fingerprint density at radius 2 is 1.90 bits per heavy atom. The molecule has 0 aliphatic carbocycles.